The molecule has 0 amide bonds. The number of aryl methyl sites for hydroxylation is 2. The maximum Gasteiger partial charge on any atom is 0.125 e. The number of aromatic amines is 1. The summed E-state index contributed by atoms with van der Waals surface area (Å²) in [4.78, 5) is 7.61. The number of hydrogen-bond acceptors (Lipinski definition) is 3. The van der Waals surface area contributed by atoms with E-state index in [4.69, 9.17) is 4.42 Å². The molecule has 0 aliphatic rings. The fourth-order valence-electron chi connectivity index (χ4n) is 2.01. The van der Waals surface area contributed by atoms with Crippen molar-refractivity contribution in [1.82, 2.24) is 9.97 Å². The maximum absolute atomic E-state index is 5.39. The van der Waals surface area contributed by atoms with Gasteiger partial charge in [-0.15, -0.1) is 0 Å². The van der Waals surface area contributed by atoms with Crippen molar-refractivity contribution >= 4 is 16.7 Å². The Morgan fingerprint density at radius 1 is 1.28 bits per heavy atom. The Balaban J connectivity index is 1.80. The van der Waals surface area contributed by atoms with Gasteiger partial charge in [0, 0.05) is 5.69 Å². The standard InChI is InChI=1S/C14H15N3O/c1-9-5-6-18-14(9)8-15-11-3-4-12-13(7-11)17-10(2)16-12/h3-7,15H,8H2,1-2H3,(H,16,17). The largest absolute Gasteiger partial charge is 0.467 e. The Kier molecular flexibility index (Phi) is 2.55. The minimum absolute atomic E-state index is 0.692. The first-order valence-corrected chi connectivity index (χ1v) is 5.95. The molecule has 3 aromatic rings. The van der Waals surface area contributed by atoms with Gasteiger partial charge in [-0.2, -0.15) is 0 Å². The summed E-state index contributed by atoms with van der Waals surface area (Å²) >= 11 is 0. The van der Waals surface area contributed by atoms with Crippen LogP contribution in [0.2, 0.25) is 0 Å². The zero-order valence-electron chi connectivity index (χ0n) is 10.4. The monoisotopic (exact) mass is 241 g/mol. The molecule has 1 aromatic carbocycles. The molecule has 0 atom stereocenters. The lowest BCUT2D eigenvalue weighted by Crippen LogP contribution is -1.99. The van der Waals surface area contributed by atoms with Crippen molar-refractivity contribution in [2.24, 2.45) is 0 Å². The van der Waals surface area contributed by atoms with E-state index < -0.39 is 0 Å². The molecule has 0 radical (unpaired) electrons. The van der Waals surface area contributed by atoms with Gasteiger partial charge in [0.1, 0.15) is 11.6 Å². The summed E-state index contributed by atoms with van der Waals surface area (Å²) in [6, 6.07) is 8.07. The van der Waals surface area contributed by atoms with Gasteiger partial charge in [-0.25, -0.2) is 4.98 Å². The van der Waals surface area contributed by atoms with E-state index in [0.29, 0.717) is 6.54 Å². The Hall–Kier alpha value is -2.23. The number of nitrogens with one attached hydrogen (secondary N) is 2. The van der Waals surface area contributed by atoms with Crippen LogP contribution in [0.25, 0.3) is 11.0 Å². The summed E-state index contributed by atoms with van der Waals surface area (Å²) in [6.45, 7) is 4.69. The normalized spacial score (nSPS) is 11.0. The first-order chi connectivity index (χ1) is 8.72. The average Bonchev–Trinajstić information content (AvgIpc) is 2.90. The minimum atomic E-state index is 0.692. The van der Waals surface area contributed by atoms with Crippen LogP contribution in [0, 0.1) is 13.8 Å². The van der Waals surface area contributed by atoms with Gasteiger partial charge in [-0.05, 0) is 43.7 Å². The van der Waals surface area contributed by atoms with Crippen LogP contribution in [0.4, 0.5) is 5.69 Å². The molecule has 3 rings (SSSR count). The highest BCUT2D eigenvalue weighted by molar-refractivity contribution is 5.79. The first kappa shape index (κ1) is 10.9. The third kappa shape index (κ3) is 1.97. The second kappa shape index (κ2) is 4.22. The topological polar surface area (TPSA) is 53.9 Å². The van der Waals surface area contributed by atoms with Crippen LogP contribution in [0.1, 0.15) is 17.1 Å². The number of nitrogens with zero attached hydrogens (tertiary/aromatic N) is 1. The van der Waals surface area contributed by atoms with E-state index in [2.05, 4.69) is 21.4 Å². The van der Waals surface area contributed by atoms with E-state index in [1.807, 2.05) is 32.0 Å². The van der Waals surface area contributed by atoms with E-state index in [1.54, 1.807) is 6.26 Å². The molecule has 0 spiro atoms. The number of hydrogen-bond donors (Lipinski definition) is 2. The van der Waals surface area contributed by atoms with Crippen LogP contribution in [0.3, 0.4) is 0 Å². The smallest absolute Gasteiger partial charge is 0.125 e. The van der Waals surface area contributed by atoms with Gasteiger partial charge in [0.15, 0.2) is 0 Å². The average molecular weight is 241 g/mol. The molecule has 2 aromatic heterocycles. The summed E-state index contributed by atoms with van der Waals surface area (Å²) in [5.41, 5.74) is 4.27. The van der Waals surface area contributed by atoms with Crippen molar-refractivity contribution in [2.45, 2.75) is 20.4 Å². The van der Waals surface area contributed by atoms with Gasteiger partial charge in [-0.3, -0.25) is 0 Å². The summed E-state index contributed by atoms with van der Waals surface area (Å²) in [5, 5.41) is 3.35. The van der Waals surface area contributed by atoms with E-state index in [1.165, 1.54) is 5.56 Å². The van der Waals surface area contributed by atoms with Crippen molar-refractivity contribution < 1.29 is 4.42 Å². The summed E-state index contributed by atoms with van der Waals surface area (Å²) in [5.74, 6) is 1.90. The molecule has 0 saturated carbocycles. The van der Waals surface area contributed by atoms with Gasteiger partial charge in [0.2, 0.25) is 0 Å². The maximum atomic E-state index is 5.39. The summed E-state index contributed by atoms with van der Waals surface area (Å²) in [7, 11) is 0. The molecule has 0 bridgehead atoms. The molecule has 92 valence electrons. The molecule has 4 nitrogen and oxygen atoms in total. The predicted molar refractivity (Wildman–Crippen MR) is 71.6 cm³/mol. The second-order valence-corrected chi connectivity index (χ2v) is 4.43. The van der Waals surface area contributed by atoms with Gasteiger partial charge in [0.05, 0.1) is 23.8 Å². The Morgan fingerprint density at radius 2 is 2.17 bits per heavy atom. The highest BCUT2D eigenvalue weighted by Gasteiger charge is 2.03. The second-order valence-electron chi connectivity index (χ2n) is 4.43. The van der Waals surface area contributed by atoms with Gasteiger partial charge < -0.3 is 14.7 Å². The van der Waals surface area contributed by atoms with Crippen LogP contribution < -0.4 is 5.32 Å². The predicted octanol–water partition coefficient (Wildman–Crippen LogP) is 3.38. The lowest BCUT2D eigenvalue weighted by atomic mass is 10.2. The van der Waals surface area contributed by atoms with Crippen molar-refractivity contribution in [3.63, 3.8) is 0 Å². The quantitative estimate of drug-likeness (QED) is 0.739. The zero-order chi connectivity index (χ0) is 12.5. The SMILES string of the molecule is Cc1nc2ccc(NCc3occc3C)cc2[nH]1. The van der Waals surface area contributed by atoms with E-state index in [9.17, 15) is 0 Å². The fourth-order valence-corrected chi connectivity index (χ4v) is 2.01. The number of furan rings is 1. The van der Waals surface area contributed by atoms with E-state index in [-0.39, 0.29) is 0 Å². The van der Waals surface area contributed by atoms with Crippen molar-refractivity contribution in [1.29, 1.82) is 0 Å². The number of fused-ring (bicyclic) bond motifs is 1. The highest BCUT2D eigenvalue weighted by atomic mass is 16.3. The zero-order valence-corrected chi connectivity index (χ0v) is 10.4. The third-order valence-corrected chi connectivity index (χ3v) is 3.02. The van der Waals surface area contributed by atoms with Crippen LogP contribution in [-0.2, 0) is 6.54 Å². The van der Waals surface area contributed by atoms with Crippen molar-refractivity contribution in [3.05, 3.63) is 47.7 Å². The molecular weight excluding hydrogens is 226 g/mol. The van der Waals surface area contributed by atoms with Crippen LogP contribution >= 0.6 is 0 Å². The number of imidazole rings is 1. The van der Waals surface area contributed by atoms with Crippen LogP contribution in [0.15, 0.2) is 34.9 Å². The van der Waals surface area contributed by atoms with Gasteiger partial charge >= 0.3 is 0 Å². The first-order valence-electron chi connectivity index (χ1n) is 5.95. The molecule has 0 aliphatic carbocycles. The lowest BCUT2D eigenvalue weighted by molar-refractivity contribution is 0.515. The van der Waals surface area contributed by atoms with Crippen LogP contribution in [-0.4, -0.2) is 9.97 Å². The van der Waals surface area contributed by atoms with Gasteiger partial charge in [-0.1, -0.05) is 0 Å². The molecule has 0 unspecified atom stereocenters. The number of benzene rings is 1. The van der Waals surface area contributed by atoms with E-state index >= 15 is 0 Å². The molecule has 0 fully saturated rings. The van der Waals surface area contributed by atoms with E-state index in [0.717, 1.165) is 28.3 Å². The molecule has 4 heteroatoms. The summed E-state index contributed by atoms with van der Waals surface area (Å²) < 4.78 is 5.39. The Labute approximate surface area is 105 Å². The number of aromatic nitrogens is 2. The fraction of sp³-hybridized carbons (Fsp3) is 0.214. The minimum Gasteiger partial charge on any atom is -0.467 e. The number of H-pyrrole nitrogens is 1. The Morgan fingerprint density at radius 3 is 2.94 bits per heavy atom. The number of rotatable bonds is 3. The molecule has 2 heterocycles. The molecule has 0 saturated heterocycles. The molecule has 0 aliphatic heterocycles. The third-order valence-electron chi connectivity index (χ3n) is 3.02. The van der Waals surface area contributed by atoms with Crippen LogP contribution in [0.5, 0.6) is 0 Å². The molecular formula is C14H15N3O. The number of anilines is 1. The van der Waals surface area contributed by atoms with Crippen molar-refractivity contribution in [3.8, 4) is 0 Å². The molecule has 2 N–H and O–H groups in total. The highest BCUT2D eigenvalue weighted by Crippen LogP contribution is 2.18. The molecule has 18 heavy (non-hydrogen) atoms. The lowest BCUT2D eigenvalue weighted by Gasteiger charge is -2.05. The van der Waals surface area contributed by atoms with Crippen molar-refractivity contribution in [2.75, 3.05) is 5.32 Å². The summed E-state index contributed by atoms with van der Waals surface area (Å²) in [6.07, 6.45) is 1.72. The van der Waals surface area contributed by atoms with Gasteiger partial charge in [0.25, 0.3) is 0 Å². The Bertz CT molecular complexity index is 681.